The Hall–Kier alpha value is -1.19. The zero-order chi connectivity index (χ0) is 17.2. The van der Waals surface area contributed by atoms with Gasteiger partial charge in [-0.25, -0.2) is 4.98 Å². The van der Waals surface area contributed by atoms with E-state index in [-0.39, 0.29) is 17.7 Å². The molecule has 2 aliphatic rings. The summed E-state index contributed by atoms with van der Waals surface area (Å²) in [5.41, 5.74) is 1.35. The predicted octanol–water partition coefficient (Wildman–Crippen LogP) is 1.61. The molecule has 10 heteroatoms. The molecule has 2 fully saturated rings. The molecule has 2 aromatic heterocycles. The number of amides is 1. The molecule has 0 spiro atoms. The van der Waals surface area contributed by atoms with E-state index in [1.54, 1.807) is 10.9 Å². The van der Waals surface area contributed by atoms with Crippen molar-refractivity contribution in [3.05, 3.63) is 11.6 Å². The zero-order valence-electron chi connectivity index (χ0n) is 13.7. The molecule has 1 amide bonds. The number of thioether (sulfide) groups is 2. The summed E-state index contributed by atoms with van der Waals surface area (Å²) in [6, 6.07) is 0. The Kier molecular flexibility index (Phi) is 5.23. The number of aromatic nitrogens is 4. The van der Waals surface area contributed by atoms with Crippen LogP contribution in [0.1, 0.15) is 0 Å². The number of fused-ring (bicyclic) bond motifs is 1. The number of hydrogen-bond donors (Lipinski definition) is 0. The maximum atomic E-state index is 12.6. The molecule has 2 aromatic rings. The van der Waals surface area contributed by atoms with E-state index in [1.165, 1.54) is 0 Å². The first kappa shape index (κ1) is 17.2. The van der Waals surface area contributed by atoms with Crippen LogP contribution in [0, 0.1) is 0 Å². The lowest BCUT2D eigenvalue weighted by Gasteiger charge is -2.27. The van der Waals surface area contributed by atoms with E-state index in [9.17, 15) is 4.79 Å². The second-order valence-corrected chi connectivity index (χ2v) is 8.74. The van der Waals surface area contributed by atoms with Gasteiger partial charge in [0.15, 0.2) is 17.0 Å². The van der Waals surface area contributed by atoms with Crippen molar-refractivity contribution in [2.24, 2.45) is 0 Å². The first-order chi connectivity index (χ1) is 12.2. The average Bonchev–Trinajstić information content (AvgIpc) is 3.05. The summed E-state index contributed by atoms with van der Waals surface area (Å²) >= 11 is 9.99. The average molecular weight is 399 g/mol. The van der Waals surface area contributed by atoms with E-state index in [4.69, 9.17) is 11.6 Å². The third-order valence-corrected chi connectivity index (χ3v) is 6.45. The fourth-order valence-corrected chi connectivity index (χ4v) is 5.04. The minimum atomic E-state index is 0.102. The van der Waals surface area contributed by atoms with Gasteiger partial charge >= 0.3 is 0 Å². The highest BCUT2D eigenvalue weighted by molar-refractivity contribution is 7.99. The summed E-state index contributed by atoms with van der Waals surface area (Å²) in [5, 5.41) is 0.198. The van der Waals surface area contributed by atoms with Crippen molar-refractivity contribution in [3.63, 3.8) is 0 Å². The number of imidazole rings is 1. The molecule has 25 heavy (non-hydrogen) atoms. The molecule has 0 N–H and O–H groups in total. The maximum absolute atomic E-state index is 12.6. The van der Waals surface area contributed by atoms with Gasteiger partial charge in [-0.2, -0.15) is 33.5 Å². The molecule has 134 valence electrons. The van der Waals surface area contributed by atoms with Gasteiger partial charge in [0.05, 0.1) is 6.33 Å². The molecule has 2 saturated heterocycles. The van der Waals surface area contributed by atoms with E-state index in [0.717, 1.165) is 60.5 Å². The number of carbonyl (C=O) groups excluding carboxylic acids is 1. The highest BCUT2D eigenvalue weighted by atomic mass is 35.5. The van der Waals surface area contributed by atoms with Gasteiger partial charge in [0.25, 0.3) is 0 Å². The number of rotatable bonds is 3. The third kappa shape index (κ3) is 3.68. The SMILES string of the molecule is O=C(Cn1cnc2c(N3CCSCC3)nc(Cl)nc21)N1CCSCC1. The van der Waals surface area contributed by atoms with Crippen LogP contribution in [-0.4, -0.2) is 79.5 Å². The molecule has 4 heterocycles. The standard InChI is InChI=1S/C15H19ClN6OS2/c16-15-18-13(21-3-7-25-8-4-21)12-14(19-15)22(10-17-12)9-11(23)20-1-5-24-6-2-20/h10H,1-9H2. The second kappa shape index (κ2) is 7.59. The van der Waals surface area contributed by atoms with Crippen LogP contribution in [0.2, 0.25) is 5.28 Å². The lowest BCUT2D eigenvalue weighted by Crippen LogP contribution is -2.39. The zero-order valence-corrected chi connectivity index (χ0v) is 16.1. The number of halogens is 1. The largest absolute Gasteiger partial charge is 0.353 e. The highest BCUT2D eigenvalue weighted by Crippen LogP contribution is 2.26. The fraction of sp³-hybridized carbons (Fsp3) is 0.600. The van der Waals surface area contributed by atoms with Gasteiger partial charge in [-0.15, -0.1) is 0 Å². The van der Waals surface area contributed by atoms with Crippen LogP contribution < -0.4 is 4.90 Å². The van der Waals surface area contributed by atoms with Crippen molar-refractivity contribution < 1.29 is 4.79 Å². The third-order valence-electron chi connectivity index (χ3n) is 4.40. The quantitative estimate of drug-likeness (QED) is 0.727. The molecule has 0 atom stereocenters. The van der Waals surface area contributed by atoms with Gasteiger partial charge in [-0.05, 0) is 11.6 Å². The Balaban J connectivity index is 1.62. The van der Waals surface area contributed by atoms with Crippen LogP contribution in [0.4, 0.5) is 5.82 Å². The number of anilines is 1. The van der Waals surface area contributed by atoms with E-state index in [0.29, 0.717) is 5.65 Å². The second-order valence-electron chi connectivity index (χ2n) is 5.95. The summed E-state index contributed by atoms with van der Waals surface area (Å²) in [4.78, 5) is 29.9. The van der Waals surface area contributed by atoms with Crippen molar-refractivity contribution in [2.45, 2.75) is 6.54 Å². The summed E-state index contributed by atoms with van der Waals surface area (Å²) in [6.45, 7) is 3.70. The minimum absolute atomic E-state index is 0.102. The van der Waals surface area contributed by atoms with E-state index in [2.05, 4.69) is 19.9 Å². The predicted molar refractivity (Wildman–Crippen MR) is 104 cm³/mol. The van der Waals surface area contributed by atoms with Crippen LogP contribution in [0.5, 0.6) is 0 Å². The molecule has 0 aliphatic carbocycles. The van der Waals surface area contributed by atoms with Gasteiger partial charge < -0.3 is 14.4 Å². The van der Waals surface area contributed by atoms with Gasteiger partial charge in [0.2, 0.25) is 11.2 Å². The molecule has 0 aromatic carbocycles. The van der Waals surface area contributed by atoms with Crippen molar-refractivity contribution in [1.82, 2.24) is 24.4 Å². The van der Waals surface area contributed by atoms with Crippen LogP contribution >= 0.6 is 35.1 Å². The minimum Gasteiger partial charge on any atom is -0.353 e. The normalized spacial score (nSPS) is 18.8. The van der Waals surface area contributed by atoms with Crippen molar-refractivity contribution in [1.29, 1.82) is 0 Å². The Morgan fingerprint density at radius 3 is 2.48 bits per heavy atom. The van der Waals surface area contributed by atoms with Gasteiger partial charge in [-0.1, -0.05) is 0 Å². The van der Waals surface area contributed by atoms with Crippen LogP contribution in [0.25, 0.3) is 11.2 Å². The van der Waals surface area contributed by atoms with Crippen LogP contribution in [0.15, 0.2) is 6.33 Å². The van der Waals surface area contributed by atoms with Gasteiger partial charge in [-0.3, -0.25) is 4.79 Å². The molecule has 0 saturated carbocycles. The summed E-state index contributed by atoms with van der Waals surface area (Å²) in [7, 11) is 0. The number of carbonyl (C=O) groups is 1. The topological polar surface area (TPSA) is 67.2 Å². The van der Waals surface area contributed by atoms with Gasteiger partial charge in [0.1, 0.15) is 6.54 Å². The molecule has 0 bridgehead atoms. The molecular formula is C15H19ClN6OS2. The molecule has 0 radical (unpaired) electrons. The van der Waals surface area contributed by atoms with E-state index in [1.807, 2.05) is 28.4 Å². The lowest BCUT2D eigenvalue weighted by atomic mass is 10.4. The highest BCUT2D eigenvalue weighted by Gasteiger charge is 2.22. The van der Waals surface area contributed by atoms with Gasteiger partial charge in [0, 0.05) is 49.2 Å². The van der Waals surface area contributed by atoms with Crippen LogP contribution in [-0.2, 0) is 11.3 Å². The first-order valence-corrected chi connectivity index (χ1v) is 11.0. The maximum Gasteiger partial charge on any atom is 0.242 e. The molecule has 7 nitrogen and oxygen atoms in total. The fourth-order valence-electron chi connectivity index (χ4n) is 3.07. The lowest BCUT2D eigenvalue weighted by molar-refractivity contribution is -0.131. The molecule has 0 unspecified atom stereocenters. The smallest absolute Gasteiger partial charge is 0.242 e. The summed E-state index contributed by atoms with van der Waals surface area (Å²) < 4.78 is 1.79. The number of nitrogens with zero attached hydrogens (tertiary/aromatic N) is 6. The monoisotopic (exact) mass is 398 g/mol. The Labute approximate surface area is 159 Å². The number of hydrogen-bond acceptors (Lipinski definition) is 7. The summed E-state index contributed by atoms with van der Waals surface area (Å²) in [6.07, 6.45) is 1.68. The van der Waals surface area contributed by atoms with Crippen molar-refractivity contribution >= 4 is 58.0 Å². The Morgan fingerprint density at radius 1 is 1.08 bits per heavy atom. The molecule has 2 aliphatic heterocycles. The summed E-state index contributed by atoms with van der Waals surface area (Å²) in [5.74, 6) is 5.01. The Morgan fingerprint density at radius 2 is 1.76 bits per heavy atom. The molecular weight excluding hydrogens is 380 g/mol. The van der Waals surface area contributed by atoms with Crippen molar-refractivity contribution in [3.8, 4) is 0 Å². The van der Waals surface area contributed by atoms with E-state index < -0.39 is 0 Å². The first-order valence-electron chi connectivity index (χ1n) is 8.29. The van der Waals surface area contributed by atoms with E-state index >= 15 is 0 Å². The molecule has 4 rings (SSSR count). The van der Waals surface area contributed by atoms with Crippen molar-refractivity contribution in [2.75, 3.05) is 54.1 Å². The van der Waals surface area contributed by atoms with Crippen LogP contribution in [0.3, 0.4) is 0 Å². The Bertz CT molecular complexity index is 773.